The van der Waals surface area contributed by atoms with Gasteiger partial charge in [-0.3, -0.25) is 9.59 Å². The molecule has 0 heterocycles. The van der Waals surface area contributed by atoms with Gasteiger partial charge in [0.1, 0.15) is 0 Å². The van der Waals surface area contributed by atoms with Gasteiger partial charge in [0.2, 0.25) is 5.91 Å². The minimum Gasteiger partial charge on any atom is -0.380 e. The van der Waals surface area contributed by atoms with Crippen LogP contribution in [0.3, 0.4) is 0 Å². The fourth-order valence-corrected chi connectivity index (χ4v) is 2.00. The van der Waals surface area contributed by atoms with Gasteiger partial charge in [0, 0.05) is 24.7 Å². The van der Waals surface area contributed by atoms with E-state index in [2.05, 4.69) is 10.6 Å². The number of nitrogens with one attached hydrogen (secondary N) is 2. The number of halogens is 1. The molecule has 7 heteroatoms. The van der Waals surface area contributed by atoms with E-state index in [1.807, 2.05) is 13.8 Å². The lowest BCUT2D eigenvalue weighted by molar-refractivity contribution is -0.118. The van der Waals surface area contributed by atoms with Gasteiger partial charge >= 0.3 is 0 Å². The summed E-state index contributed by atoms with van der Waals surface area (Å²) in [6, 6.07) is 4.71. The lowest BCUT2D eigenvalue weighted by Gasteiger charge is -2.15. The van der Waals surface area contributed by atoms with Crippen LogP contribution in [0, 0.1) is 0 Å². The fraction of sp³-hybridized carbons (Fsp3) is 0.467. The van der Waals surface area contributed by atoms with Gasteiger partial charge in [-0.1, -0.05) is 11.6 Å². The Morgan fingerprint density at radius 3 is 2.59 bits per heavy atom. The van der Waals surface area contributed by atoms with Crippen molar-refractivity contribution in [2.24, 2.45) is 5.73 Å². The predicted octanol–water partition coefficient (Wildman–Crippen LogP) is 1.78. The molecule has 122 valence electrons. The van der Waals surface area contributed by atoms with E-state index in [0.717, 1.165) is 0 Å². The molecule has 0 aliphatic rings. The molecule has 1 aromatic carbocycles. The van der Waals surface area contributed by atoms with Crippen molar-refractivity contribution in [2.45, 2.75) is 32.4 Å². The van der Waals surface area contributed by atoms with Crippen molar-refractivity contribution in [3.63, 3.8) is 0 Å². The second kappa shape index (κ2) is 8.73. The molecule has 2 amide bonds. The highest BCUT2D eigenvalue weighted by atomic mass is 35.5. The van der Waals surface area contributed by atoms with Gasteiger partial charge in [0.25, 0.3) is 5.91 Å². The van der Waals surface area contributed by atoms with Gasteiger partial charge in [0.05, 0.1) is 23.8 Å². The smallest absolute Gasteiger partial charge is 0.253 e. The number of benzene rings is 1. The zero-order chi connectivity index (χ0) is 16.7. The largest absolute Gasteiger partial charge is 0.380 e. The lowest BCUT2D eigenvalue weighted by atomic mass is 10.1. The molecule has 1 aromatic rings. The molecular formula is C15H22ClN3O3. The monoisotopic (exact) mass is 327 g/mol. The van der Waals surface area contributed by atoms with Gasteiger partial charge in [0.15, 0.2) is 0 Å². The van der Waals surface area contributed by atoms with Crippen molar-refractivity contribution in [2.75, 3.05) is 19.0 Å². The number of rotatable bonds is 7. The molecule has 0 saturated heterocycles. The van der Waals surface area contributed by atoms with Crippen LogP contribution in [0.4, 0.5) is 5.69 Å². The Morgan fingerprint density at radius 1 is 1.36 bits per heavy atom. The summed E-state index contributed by atoms with van der Waals surface area (Å²) in [4.78, 5) is 24.2. The first-order valence-electron chi connectivity index (χ1n) is 7.00. The molecule has 1 unspecified atom stereocenters. The molecule has 22 heavy (non-hydrogen) atoms. The lowest BCUT2D eigenvalue weighted by Crippen LogP contribution is -2.32. The average Bonchev–Trinajstić information content (AvgIpc) is 2.43. The highest BCUT2D eigenvalue weighted by molar-refractivity contribution is 6.31. The number of hydrogen-bond acceptors (Lipinski definition) is 4. The Kier molecular flexibility index (Phi) is 7.31. The summed E-state index contributed by atoms with van der Waals surface area (Å²) in [5, 5.41) is 5.89. The van der Waals surface area contributed by atoms with E-state index >= 15 is 0 Å². The molecule has 1 atom stereocenters. The van der Waals surface area contributed by atoms with E-state index in [-0.39, 0.29) is 36.9 Å². The van der Waals surface area contributed by atoms with E-state index in [1.54, 1.807) is 18.2 Å². The number of ether oxygens (including phenoxy) is 1. The molecule has 0 saturated carbocycles. The maximum atomic E-state index is 12.2. The van der Waals surface area contributed by atoms with Gasteiger partial charge in [-0.2, -0.15) is 0 Å². The maximum Gasteiger partial charge on any atom is 0.253 e. The van der Waals surface area contributed by atoms with Crippen LogP contribution in [-0.2, 0) is 9.53 Å². The summed E-state index contributed by atoms with van der Waals surface area (Å²) in [5.41, 5.74) is 6.21. The minimum absolute atomic E-state index is 0.0122. The molecule has 0 spiro atoms. The number of anilines is 1. The number of nitrogens with two attached hydrogens (primary N) is 1. The van der Waals surface area contributed by atoms with Gasteiger partial charge in [-0.15, -0.1) is 0 Å². The number of hydrogen-bond donors (Lipinski definition) is 3. The third-order valence-electron chi connectivity index (χ3n) is 2.93. The van der Waals surface area contributed by atoms with Crippen molar-refractivity contribution in [3.8, 4) is 0 Å². The second-order valence-electron chi connectivity index (χ2n) is 5.16. The van der Waals surface area contributed by atoms with Crippen LogP contribution in [0.2, 0.25) is 5.02 Å². The van der Waals surface area contributed by atoms with Crippen LogP contribution < -0.4 is 16.4 Å². The Bertz CT molecular complexity index is 531. The normalized spacial score (nSPS) is 12.1. The fourth-order valence-electron chi connectivity index (χ4n) is 1.83. The Labute approximate surface area is 135 Å². The van der Waals surface area contributed by atoms with E-state index in [4.69, 9.17) is 22.1 Å². The van der Waals surface area contributed by atoms with Crippen LogP contribution in [0.5, 0.6) is 0 Å². The highest BCUT2D eigenvalue weighted by Crippen LogP contribution is 2.21. The molecular weight excluding hydrogens is 306 g/mol. The molecule has 0 aromatic heterocycles. The van der Waals surface area contributed by atoms with Crippen molar-refractivity contribution in [1.29, 1.82) is 0 Å². The number of methoxy groups -OCH3 is 1. The van der Waals surface area contributed by atoms with E-state index in [0.29, 0.717) is 16.3 Å². The van der Waals surface area contributed by atoms with Crippen LogP contribution in [-0.4, -0.2) is 37.6 Å². The van der Waals surface area contributed by atoms with E-state index < -0.39 is 0 Å². The van der Waals surface area contributed by atoms with Crippen LogP contribution in [0.25, 0.3) is 0 Å². The Hall–Kier alpha value is -1.63. The summed E-state index contributed by atoms with van der Waals surface area (Å²) in [5.74, 6) is -0.567. The Balaban J connectivity index is 2.90. The third kappa shape index (κ3) is 5.63. The van der Waals surface area contributed by atoms with Crippen molar-refractivity contribution >= 4 is 29.1 Å². The molecule has 0 fully saturated rings. The summed E-state index contributed by atoms with van der Waals surface area (Å²) in [6.45, 7) is 3.95. The predicted molar refractivity (Wildman–Crippen MR) is 87.2 cm³/mol. The number of carbonyl (C=O) groups excluding carboxylic acids is 2. The number of amides is 2. The molecule has 0 bridgehead atoms. The van der Waals surface area contributed by atoms with Gasteiger partial charge < -0.3 is 21.1 Å². The molecule has 0 aliphatic heterocycles. The molecule has 0 aliphatic carbocycles. The standard InChI is InChI=1S/C15H22ClN3O3/c1-9(2)18-15(21)12-5-4-10(16)6-13(12)19-14(20)7-11(8-17)22-3/h4-6,9,11H,7-8,17H2,1-3H3,(H,18,21)(H,19,20). The second-order valence-corrected chi connectivity index (χ2v) is 5.60. The maximum absolute atomic E-state index is 12.2. The van der Waals surface area contributed by atoms with E-state index in [1.165, 1.54) is 7.11 Å². The highest BCUT2D eigenvalue weighted by Gasteiger charge is 2.17. The minimum atomic E-state index is -0.368. The topological polar surface area (TPSA) is 93.4 Å². The zero-order valence-corrected chi connectivity index (χ0v) is 13.7. The van der Waals surface area contributed by atoms with Crippen molar-refractivity contribution in [1.82, 2.24) is 5.32 Å². The van der Waals surface area contributed by atoms with E-state index in [9.17, 15) is 9.59 Å². The first-order chi connectivity index (χ1) is 10.4. The molecule has 6 nitrogen and oxygen atoms in total. The molecule has 1 rings (SSSR count). The quantitative estimate of drug-likeness (QED) is 0.711. The van der Waals surface area contributed by atoms with Gasteiger partial charge in [-0.25, -0.2) is 0 Å². The third-order valence-corrected chi connectivity index (χ3v) is 3.16. The molecule has 4 N–H and O–H groups in total. The van der Waals surface area contributed by atoms with Crippen molar-refractivity contribution < 1.29 is 14.3 Å². The first-order valence-corrected chi connectivity index (χ1v) is 7.38. The van der Waals surface area contributed by atoms with Crippen LogP contribution >= 0.6 is 11.6 Å². The SMILES string of the molecule is COC(CN)CC(=O)Nc1cc(Cl)ccc1C(=O)NC(C)C. The van der Waals surface area contributed by atoms with Crippen LogP contribution in [0.1, 0.15) is 30.6 Å². The summed E-state index contributed by atoms with van der Waals surface area (Å²) < 4.78 is 5.07. The average molecular weight is 328 g/mol. The van der Waals surface area contributed by atoms with Gasteiger partial charge in [-0.05, 0) is 32.0 Å². The summed E-state index contributed by atoms with van der Waals surface area (Å²) >= 11 is 5.94. The number of carbonyl (C=O) groups is 2. The Morgan fingerprint density at radius 2 is 2.05 bits per heavy atom. The summed E-state index contributed by atoms with van der Waals surface area (Å²) in [7, 11) is 1.49. The summed E-state index contributed by atoms with van der Waals surface area (Å²) in [6.07, 6.45) is -0.266. The van der Waals surface area contributed by atoms with Crippen molar-refractivity contribution in [3.05, 3.63) is 28.8 Å². The first kappa shape index (κ1) is 18.4. The zero-order valence-electron chi connectivity index (χ0n) is 13.0. The van der Waals surface area contributed by atoms with Crippen LogP contribution in [0.15, 0.2) is 18.2 Å². The molecule has 0 radical (unpaired) electrons.